The molecule has 0 atom stereocenters. The normalized spacial score (nSPS) is 11.9. The number of benzene rings is 2. The number of methoxy groups -OCH3 is 1. The van der Waals surface area contributed by atoms with Crippen LogP contribution < -0.4 is 9.46 Å². The van der Waals surface area contributed by atoms with Crippen LogP contribution in [0, 0.1) is 10.1 Å². The summed E-state index contributed by atoms with van der Waals surface area (Å²) in [5, 5.41) is 10.2. The summed E-state index contributed by atoms with van der Waals surface area (Å²) in [6, 6.07) is 5.26. The molecule has 0 bridgehead atoms. The first-order chi connectivity index (χ1) is 12.0. The summed E-state index contributed by atoms with van der Waals surface area (Å²) in [5.41, 5.74) is -2.18. The lowest BCUT2D eigenvalue weighted by Gasteiger charge is -2.14. The SMILES string of the molecule is COc1ccc([N+](=O)[O-])cc1S(=O)(=O)Nc1ccc(Cl)c(C(F)(F)F)c1. The summed E-state index contributed by atoms with van der Waals surface area (Å²) >= 11 is 5.48. The number of hydrogen-bond donors (Lipinski definition) is 1. The zero-order chi connectivity index (χ0) is 19.7. The zero-order valence-corrected chi connectivity index (χ0v) is 14.4. The molecule has 0 spiro atoms. The number of halogens is 4. The van der Waals surface area contributed by atoms with Crippen molar-refractivity contribution in [3.8, 4) is 5.75 Å². The van der Waals surface area contributed by atoms with Gasteiger partial charge in [0.15, 0.2) is 0 Å². The quantitative estimate of drug-likeness (QED) is 0.591. The highest BCUT2D eigenvalue weighted by Crippen LogP contribution is 2.37. The molecule has 0 unspecified atom stereocenters. The lowest BCUT2D eigenvalue weighted by Crippen LogP contribution is -2.15. The Balaban J connectivity index is 2.50. The van der Waals surface area contributed by atoms with Crippen LogP contribution in [0.4, 0.5) is 24.5 Å². The monoisotopic (exact) mass is 410 g/mol. The van der Waals surface area contributed by atoms with Gasteiger partial charge in [-0.25, -0.2) is 8.42 Å². The summed E-state index contributed by atoms with van der Waals surface area (Å²) in [6.45, 7) is 0. The Kier molecular flexibility index (Phi) is 5.33. The smallest absolute Gasteiger partial charge is 0.417 e. The summed E-state index contributed by atoms with van der Waals surface area (Å²) in [5.74, 6) is -0.215. The Morgan fingerprint density at radius 3 is 2.38 bits per heavy atom. The number of nitrogens with zero attached hydrogens (tertiary/aromatic N) is 1. The minimum atomic E-state index is -4.79. The van der Waals surface area contributed by atoms with Gasteiger partial charge in [0.1, 0.15) is 10.6 Å². The van der Waals surface area contributed by atoms with E-state index < -0.39 is 48.0 Å². The van der Waals surface area contributed by atoms with Crippen molar-refractivity contribution in [2.75, 3.05) is 11.8 Å². The van der Waals surface area contributed by atoms with Gasteiger partial charge in [0, 0.05) is 17.8 Å². The maximum Gasteiger partial charge on any atom is 0.417 e. The van der Waals surface area contributed by atoms with Crippen molar-refractivity contribution in [1.82, 2.24) is 0 Å². The molecule has 7 nitrogen and oxygen atoms in total. The maximum absolute atomic E-state index is 12.9. The number of nitro benzene ring substituents is 1. The zero-order valence-electron chi connectivity index (χ0n) is 12.9. The molecule has 0 aromatic heterocycles. The van der Waals surface area contributed by atoms with Crippen LogP contribution in [0.1, 0.15) is 5.56 Å². The van der Waals surface area contributed by atoms with Gasteiger partial charge in [-0.1, -0.05) is 11.6 Å². The van der Waals surface area contributed by atoms with Gasteiger partial charge in [-0.05, 0) is 24.3 Å². The molecule has 1 N–H and O–H groups in total. The predicted octanol–water partition coefficient (Wildman–Crippen LogP) is 4.08. The molecule has 0 saturated heterocycles. The predicted molar refractivity (Wildman–Crippen MR) is 86.9 cm³/mol. The van der Waals surface area contributed by atoms with Gasteiger partial charge in [0.25, 0.3) is 15.7 Å². The second-order valence-corrected chi connectivity index (χ2v) is 6.95. The average Bonchev–Trinajstić information content (AvgIpc) is 2.54. The van der Waals surface area contributed by atoms with E-state index in [1.165, 1.54) is 0 Å². The van der Waals surface area contributed by atoms with Gasteiger partial charge in [0.2, 0.25) is 0 Å². The van der Waals surface area contributed by atoms with Crippen molar-refractivity contribution >= 4 is 33.0 Å². The molecule has 2 rings (SSSR count). The van der Waals surface area contributed by atoms with Gasteiger partial charge >= 0.3 is 6.18 Å². The third-order valence-electron chi connectivity index (χ3n) is 3.17. The van der Waals surface area contributed by atoms with E-state index in [0.29, 0.717) is 6.07 Å². The highest BCUT2D eigenvalue weighted by Gasteiger charge is 2.34. The lowest BCUT2D eigenvalue weighted by molar-refractivity contribution is -0.385. The van der Waals surface area contributed by atoms with Crippen LogP contribution >= 0.6 is 11.6 Å². The Morgan fingerprint density at radius 1 is 1.19 bits per heavy atom. The Bertz CT molecular complexity index is 964. The van der Waals surface area contributed by atoms with Gasteiger partial charge in [-0.3, -0.25) is 14.8 Å². The van der Waals surface area contributed by atoms with Crippen LogP contribution in [0.15, 0.2) is 41.3 Å². The molecule has 0 aliphatic carbocycles. The number of ether oxygens (including phenoxy) is 1. The first-order valence-corrected chi connectivity index (χ1v) is 8.54. The number of hydrogen-bond acceptors (Lipinski definition) is 5. The summed E-state index contributed by atoms with van der Waals surface area (Å²) in [4.78, 5) is 9.42. The largest absolute Gasteiger partial charge is 0.495 e. The Hall–Kier alpha value is -2.53. The van der Waals surface area contributed by atoms with Crippen LogP contribution in [-0.4, -0.2) is 20.5 Å². The van der Waals surface area contributed by atoms with Crippen molar-refractivity contribution in [2.45, 2.75) is 11.1 Å². The van der Waals surface area contributed by atoms with E-state index in [1.807, 2.05) is 4.72 Å². The highest BCUT2D eigenvalue weighted by molar-refractivity contribution is 7.92. The van der Waals surface area contributed by atoms with E-state index in [2.05, 4.69) is 0 Å². The van der Waals surface area contributed by atoms with Crippen LogP contribution in [0.5, 0.6) is 5.75 Å². The van der Waals surface area contributed by atoms with E-state index in [0.717, 1.165) is 37.4 Å². The number of alkyl halides is 3. The first-order valence-electron chi connectivity index (χ1n) is 6.67. The Labute approximate surface area is 150 Å². The molecule has 0 saturated carbocycles. The fourth-order valence-electron chi connectivity index (χ4n) is 2.01. The number of anilines is 1. The van der Waals surface area contributed by atoms with Gasteiger partial charge < -0.3 is 4.74 Å². The third kappa shape index (κ3) is 4.17. The van der Waals surface area contributed by atoms with Gasteiger partial charge in [0.05, 0.1) is 22.6 Å². The fraction of sp³-hybridized carbons (Fsp3) is 0.143. The van der Waals surface area contributed by atoms with Gasteiger partial charge in [-0.2, -0.15) is 13.2 Å². The minimum Gasteiger partial charge on any atom is -0.495 e. The molecule has 2 aromatic rings. The second kappa shape index (κ2) is 7.00. The topological polar surface area (TPSA) is 98.5 Å². The van der Waals surface area contributed by atoms with Crippen molar-refractivity contribution in [1.29, 1.82) is 0 Å². The summed E-state index contributed by atoms with van der Waals surface area (Å²) < 4.78 is 70.4. The standard InChI is InChI=1S/C14H10ClF3N2O5S/c1-25-12-5-3-9(20(21)22)7-13(12)26(23,24)19-8-2-4-11(15)10(6-8)14(16,17)18/h2-7,19H,1H3. The molecule has 140 valence electrons. The highest BCUT2D eigenvalue weighted by atomic mass is 35.5. The first kappa shape index (κ1) is 19.8. The molecule has 0 aliphatic rings. The minimum absolute atomic E-state index is 0.215. The summed E-state index contributed by atoms with van der Waals surface area (Å²) in [7, 11) is -3.33. The molecule has 26 heavy (non-hydrogen) atoms. The van der Waals surface area contributed by atoms with Crippen LogP contribution in [0.3, 0.4) is 0 Å². The maximum atomic E-state index is 12.9. The average molecular weight is 411 g/mol. The van der Waals surface area contributed by atoms with Crippen LogP contribution in [-0.2, 0) is 16.2 Å². The fourth-order valence-corrected chi connectivity index (χ4v) is 3.47. The molecule has 0 aliphatic heterocycles. The summed E-state index contributed by atoms with van der Waals surface area (Å²) in [6.07, 6.45) is -4.79. The van der Waals surface area contributed by atoms with Crippen molar-refractivity contribution in [3.05, 3.63) is 57.1 Å². The molecule has 0 radical (unpaired) electrons. The van der Waals surface area contributed by atoms with E-state index in [4.69, 9.17) is 16.3 Å². The number of non-ortho nitro benzene ring substituents is 1. The van der Waals surface area contributed by atoms with E-state index in [-0.39, 0.29) is 5.75 Å². The number of nitro groups is 1. The second-order valence-electron chi connectivity index (χ2n) is 4.89. The van der Waals surface area contributed by atoms with Crippen molar-refractivity contribution < 1.29 is 31.2 Å². The van der Waals surface area contributed by atoms with Crippen LogP contribution in [0.25, 0.3) is 0 Å². The van der Waals surface area contributed by atoms with E-state index in [1.54, 1.807) is 0 Å². The third-order valence-corrected chi connectivity index (χ3v) is 4.90. The molecule has 0 amide bonds. The molecule has 0 fully saturated rings. The van der Waals surface area contributed by atoms with E-state index >= 15 is 0 Å². The van der Waals surface area contributed by atoms with Crippen molar-refractivity contribution in [3.63, 3.8) is 0 Å². The number of rotatable bonds is 5. The Morgan fingerprint density at radius 2 is 1.85 bits per heavy atom. The van der Waals surface area contributed by atoms with Gasteiger partial charge in [-0.15, -0.1) is 0 Å². The molecule has 0 heterocycles. The molecular weight excluding hydrogens is 401 g/mol. The van der Waals surface area contributed by atoms with E-state index in [9.17, 15) is 31.7 Å². The molecule has 12 heteroatoms. The number of sulfonamides is 1. The molecular formula is C14H10ClF3N2O5S. The number of nitrogens with one attached hydrogen (secondary N) is 1. The van der Waals surface area contributed by atoms with Crippen LogP contribution in [0.2, 0.25) is 5.02 Å². The molecule has 2 aromatic carbocycles. The van der Waals surface area contributed by atoms with Crippen molar-refractivity contribution in [2.24, 2.45) is 0 Å². The lowest BCUT2D eigenvalue weighted by atomic mass is 10.2.